The van der Waals surface area contributed by atoms with Gasteiger partial charge in [0, 0.05) is 25.0 Å². The molecule has 8 nitrogen and oxygen atoms in total. The van der Waals surface area contributed by atoms with Crippen LogP contribution >= 0.6 is 0 Å². The van der Waals surface area contributed by atoms with Crippen molar-refractivity contribution in [3.05, 3.63) is 98.4 Å². The summed E-state index contributed by atoms with van der Waals surface area (Å²) in [5.41, 5.74) is 2.90. The van der Waals surface area contributed by atoms with Crippen LogP contribution in [0.5, 0.6) is 0 Å². The van der Waals surface area contributed by atoms with E-state index < -0.39 is 5.69 Å². The zero-order valence-electron chi connectivity index (χ0n) is 18.1. The monoisotopic (exact) mass is 429 g/mol. The number of aryl methyl sites for hydroxylation is 2. The molecule has 4 heterocycles. The summed E-state index contributed by atoms with van der Waals surface area (Å²) in [6.07, 6.45) is 5.35. The van der Waals surface area contributed by atoms with Crippen molar-refractivity contribution in [3.8, 4) is 0 Å². The Morgan fingerprint density at radius 1 is 1.00 bits per heavy atom. The van der Waals surface area contributed by atoms with Gasteiger partial charge in [-0.1, -0.05) is 42.5 Å². The molecule has 0 bridgehead atoms. The SMILES string of the molecule is Cc1c(C)n2c3c(=O)n(CC=Cc4ccccc4)c(=O)n(C)c3nc2n1Cc1ccco1. The van der Waals surface area contributed by atoms with Crippen molar-refractivity contribution in [2.75, 3.05) is 0 Å². The molecule has 5 aromatic rings. The molecule has 5 rings (SSSR count). The van der Waals surface area contributed by atoms with Crippen LogP contribution in [0.4, 0.5) is 0 Å². The van der Waals surface area contributed by atoms with Crippen LogP contribution in [-0.4, -0.2) is 23.1 Å². The molecule has 32 heavy (non-hydrogen) atoms. The third-order valence-electron chi connectivity index (χ3n) is 5.92. The first-order valence-corrected chi connectivity index (χ1v) is 10.4. The molecule has 0 spiro atoms. The predicted octanol–water partition coefficient (Wildman–Crippen LogP) is 3.12. The van der Waals surface area contributed by atoms with Crippen LogP contribution in [0.3, 0.4) is 0 Å². The first kappa shape index (κ1) is 19.9. The second kappa shape index (κ2) is 7.56. The first-order valence-electron chi connectivity index (χ1n) is 10.4. The van der Waals surface area contributed by atoms with Gasteiger partial charge in [0.05, 0.1) is 12.8 Å². The second-order valence-electron chi connectivity index (χ2n) is 7.83. The minimum absolute atomic E-state index is 0.175. The van der Waals surface area contributed by atoms with Crippen molar-refractivity contribution in [1.82, 2.24) is 23.1 Å². The zero-order chi connectivity index (χ0) is 22.4. The maximum Gasteiger partial charge on any atom is 0.332 e. The van der Waals surface area contributed by atoms with Gasteiger partial charge in [0.25, 0.3) is 5.56 Å². The summed E-state index contributed by atoms with van der Waals surface area (Å²) in [5.74, 6) is 1.39. The van der Waals surface area contributed by atoms with Crippen molar-refractivity contribution in [1.29, 1.82) is 0 Å². The Morgan fingerprint density at radius 2 is 1.78 bits per heavy atom. The summed E-state index contributed by atoms with van der Waals surface area (Å²) >= 11 is 0. The number of furan rings is 1. The van der Waals surface area contributed by atoms with Gasteiger partial charge < -0.3 is 8.98 Å². The number of hydrogen-bond donors (Lipinski definition) is 0. The van der Waals surface area contributed by atoms with E-state index in [1.807, 2.05) is 77.4 Å². The fourth-order valence-corrected chi connectivity index (χ4v) is 4.08. The Balaban J connectivity index is 1.68. The summed E-state index contributed by atoms with van der Waals surface area (Å²) in [6, 6.07) is 13.5. The van der Waals surface area contributed by atoms with Crippen LogP contribution in [0.15, 0.2) is 68.8 Å². The van der Waals surface area contributed by atoms with Gasteiger partial charge in [-0.25, -0.2) is 4.79 Å². The highest BCUT2D eigenvalue weighted by atomic mass is 16.3. The van der Waals surface area contributed by atoms with Gasteiger partial charge in [-0.05, 0) is 31.5 Å². The molecule has 0 aliphatic rings. The smallest absolute Gasteiger partial charge is 0.332 e. The fraction of sp³-hybridized carbons (Fsp3) is 0.208. The molecule has 4 aromatic heterocycles. The summed E-state index contributed by atoms with van der Waals surface area (Å²) in [6.45, 7) is 4.60. The van der Waals surface area contributed by atoms with Gasteiger partial charge in [0.1, 0.15) is 5.76 Å². The van der Waals surface area contributed by atoms with E-state index in [0.29, 0.717) is 23.5 Å². The summed E-state index contributed by atoms with van der Waals surface area (Å²) < 4.78 is 12.0. The zero-order valence-corrected chi connectivity index (χ0v) is 18.1. The highest BCUT2D eigenvalue weighted by molar-refractivity contribution is 5.76. The number of rotatable bonds is 5. The van der Waals surface area contributed by atoms with E-state index in [1.165, 1.54) is 9.13 Å². The van der Waals surface area contributed by atoms with Gasteiger partial charge in [-0.15, -0.1) is 0 Å². The molecular formula is C24H23N5O3. The molecule has 0 N–H and O–H groups in total. The van der Waals surface area contributed by atoms with E-state index in [-0.39, 0.29) is 12.1 Å². The van der Waals surface area contributed by atoms with Crippen LogP contribution in [-0.2, 0) is 20.1 Å². The minimum Gasteiger partial charge on any atom is -0.467 e. The normalized spacial score (nSPS) is 12.0. The molecule has 0 atom stereocenters. The lowest BCUT2D eigenvalue weighted by Gasteiger charge is -2.06. The molecule has 0 unspecified atom stereocenters. The van der Waals surface area contributed by atoms with Gasteiger partial charge in [-0.3, -0.25) is 18.3 Å². The lowest BCUT2D eigenvalue weighted by molar-refractivity contribution is 0.494. The van der Waals surface area contributed by atoms with E-state index >= 15 is 0 Å². The van der Waals surface area contributed by atoms with Crippen molar-refractivity contribution in [3.63, 3.8) is 0 Å². The average molecular weight is 429 g/mol. The Hall–Kier alpha value is -4.07. The number of hydrogen-bond acceptors (Lipinski definition) is 4. The van der Waals surface area contributed by atoms with Crippen LogP contribution in [0, 0.1) is 13.8 Å². The maximum absolute atomic E-state index is 13.4. The highest BCUT2D eigenvalue weighted by Crippen LogP contribution is 2.22. The number of nitrogens with zero attached hydrogens (tertiary/aromatic N) is 5. The third kappa shape index (κ3) is 3.03. The standard InChI is InChI=1S/C24H23N5O3/c1-16-17(2)29-20-21(25-23(29)28(16)15-19-12-8-14-32-19)26(3)24(31)27(22(20)30)13-7-11-18-9-5-4-6-10-18/h4-12,14H,13,15H2,1-3H3. The van der Waals surface area contributed by atoms with Crippen LogP contribution in [0.2, 0.25) is 0 Å². The van der Waals surface area contributed by atoms with Gasteiger partial charge in [-0.2, -0.15) is 4.98 Å². The Labute approximate surface area is 183 Å². The molecule has 8 heteroatoms. The number of imidazole rings is 2. The summed E-state index contributed by atoms with van der Waals surface area (Å²) in [5, 5.41) is 0. The lowest BCUT2D eigenvalue weighted by Crippen LogP contribution is -2.39. The lowest BCUT2D eigenvalue weighted by atomic mass is 10.2. The molecule has 0 aliphatic carbocycles. The average Bonchev–Trinajstić information content (AvgIpc) is 3.50. The molecule has 1 aromatic carbocycles. The molecular weight excluding hydrogens is 406 g/mol. The number of aromatic nitrogens is 5. The molecule has 0 radical (unpaired) electrons. The Bertz CT molecular complexity index is 1580. The topological polar surface area (TPSA) is 79.4 Å². The molecule has 0 saturated carbocycles. The van der Waals surface area contributed by atoms with Gasteiger partial charge in [0.2, 0.25) is 5.78 Å². The van der Waals surface area contributed by atoms with Crippen molar-refractivity contribution in [2.45, 2.75) is 26.9 Å². The summed E-state index contributed by atoms with van der Waals surface area (Å²) in [7, 11) is 1.65. The predicted molar refractivity (Wildman–Crippen MR) is 123 cm³/mol. The molecule has 0 saturated heterocycles. The van der Waals surface area contributed by atoms with Crippen molar-refractivity contribution in [2.24, 2.45) is 7.05 Å². The summed E-state index contributed by atoms with van der Waals surface area (Å²) in [4.78, 5) is 31.1. The molecule has 162 valence electrons. The number of benzene rings is 1. The van der Waals surface area contributed by atoms with E-state index in [2.05, 4.69) is 4.98 Å². The second-order valence-corrected chi connectivity index (χ2v) is 7.83. The van der Waals surface area contributed by atoms with E-state index in [0.717, 1.165) is 22.7 Å². The Morgan fingerprint density at radius 3 is 2.50 bits per heavy atom. The van der Waals surface area contributed by atoms with Crippen molar-refractivity contribution >= 4 is 23.0 Å². The fourth-order valence-electron chi connectivity index (χ4n) is 4.08. The van der Waals surface area contributed by atoms with Crippen LogP contribution < -0.4 is 11.2 Å². The third-order valence-corrected chi connectivity index (χ3v) is 5.92. The Kier molecular flexibility index (Phi) is 4.70. The van der Waals surface area contributed by atoms with Gasteiger partial charge >= 0.3 is 5.69 Å². The molecule has 0 amide bonds. The minimum atomic E-state index is -0.395. The maximum atomic E-state index is 13.4. The van der Waals surface area contributed by atoms with E-state index in [4.69, 9.17) is 4.42 Å². The van der Waals surface area contributed by atoms with Gasteiger partial charge in [0.15, 0.2) is 11.2 Å². The number of fused-ring (bicyclic) bond motifs is 3. The first-order chi connectivity index (χ1) is 15.5. The molecule has 0 aliphatic heterocycles. The number of allylic oxidation sites excluding steroid dienone is 1. The van der Waals surface area contributed by atoms with Crippen molar-refractivity contribution < 1.29 is 4.42 Å². The highest BCUT2D eigenvalue weighted by Gasteiger charge is 2.22. The largest absolute Gasteiger partial charge is 0.467 e. The van der Waals surface area contributed by atoms with Crippen LogP contribution in [0.25, 0.3) is 23.0 Å². The molecule has 0 fully saturated rings. The van der Waals surface area contributed by atoms with E-state index in [1.54, 1.807) is 13.3 Å². The van der Waals surface area contributed by atoms with Crippen LogP contribution in [0.1, 0.15) is 22.7 Å². The quantitative estimate of drug-likeness (QED) is 0.430. The van der Waals surface area contributed by atoms with E-state index in [9.17, 15) is 9.59 Å².